The predicted octanol–water partition coefficient (Wildman–Crippen LogP) is 5.03. The molecule has 1 saturated heterocycles. The SMILES string of the molecule is COc1ccc([N+](=O)[O-])cc1C=C1SC(=S)N(c2cccc(C(F)(F)F)c2)C1=O. The highest BCUT2D eigenvalue weighted by atomic mass is 32.2. The minimum absolute atomic E-state index is 0.0169. The van der Waals surface area contributed by atoms with Gasteiger partial charge in [0.15, 0.2) is 4.32 Å². The number of thioether (sulfide) groups is 1. The first-order valence-corrected chi connectivity index (χ1v) is 9.12. The van der Waals surface area contributed by atoms with E-state index in [0.717, 1.165) is 28.8 Å². The molecule has 0 aliphatic carbocycles. The van der Waals surface area contributed by atoms with Gasteiger partial charge in [-0.15, -0.1) is 0 Å². The average Bonchev–Trinajstić information content (AvgIpc) is 2.94. The van der Waals surface area contributed by atoms with Crippen LogP contribution in [-0.4, -0.2) is 22.3 Å². The number of hydrogen-bond donors (Lipinski definition) is 0. The third-order valence-electron chi connectivity index (χ3n) is 3.94. The molecule has 1 aliphatic heterocycles. The summed E-state index contributed by atoms with van der Waals surface area (Å²) in [4.78, 5) is 24.3. The van der Waals surface area contributed by atoms with E-state index in [1.165, 1.54) is 43.5 Å². The van der Waals surface area contributed by atoms with Crippen molar-refractivity contribution in [2.24, 2.45) is 0 Å². The Hall–Kier alpha value is -2.92. The van der Waals surface area contributed by atoms with Gasteiger partial charge >= 0.3 is 6.18 Å². The van der Waals surface area contributed by atoms with E-state index in [4.69, 9.17) is 17.0 Å². The molecule has 0 saturated carbocycles. The first-order valence-electron chi connectivity index (χ1n) is 7.89. The van der Waals surface area contributed by atoms with E-state index in [2.05, 4.69) is 0 Å². The lowest BCUT2D eigenvalue weighted by molar-refractivity contribution is -0.384. The second-order valence-corrected chi connectivity index (χ2v) is 7.42. The fourth-order valence-corrected chi connectivity index (χ4v) is 3.89. The van der Waals surface area contributed by atoms with Gasteiger partial charge < -0.3 is 4.74 Å². The molecule has 1 fully saturated rings. The van der Waals surface area contributed by atoms with Gasteiger partial charge in [0.05, 0.1) is 28.2 Å². The zero-order valence-corrected chi connectivity index (χ0v) is 16.2. The molecule has 6 nitrogen and oxygen atoms in total. The van der Waals surface area contributed by atoms with Crippen molar-refractivity contribution in [2.45, 2.75) is 6.18 Å². The van der Waals surface area contributed by atoms with Crippen LogP contribution in [0.15, 0.2) is 47.4 Å². The molecule has 0 unspecified atom stereocenters. The van der Waals surface area contributed by atoms with Crippen LogP contribution in [0.2, 0.25) is 0 Å². The van der Waals surface area contributed by atoms with Crippen molar-refractivity contribution in [3.8, 4) is 5.75 Å². The number of nitro groups is 1. The highest BCUT2D eigenvalue weighted by Gasteiger charge is 2.36. The topological polar surface area (TPSA) is 72.7 Å². The minimum Gasteiger partial charge on any atom is -0.496 e. The molecular weight excluding hydrogens is 429 g/mol. The van der Waals surface area contributed by atoms with Crippen molar-refractivity contribution in [2.75, 3.05) is 12.0 Å². The number of amides is 1. The maximum atomic E-state index is 13.0. The molecule has 29 heavy (non-hydrogen) atoms. The molecule has 1 heterocycles. The normalized spacial score (nSPS) is 15.9. The van der Waals surface area contributed by atoms with E-state index in [1.807, 2.05) is 0 Å². The van der Waals surface area contributed by atoms with Crippen LogP contribution < -0.4 is 9.64 Å². The molecular formula is C18H11F3N2O4S2. The van der Waals surface area contributed by atoms with Crippen molar-refractivity contribution < 1.29 is 27.6 Å². The van der Waals surface area contributed by atoms with Crippen LogP contribution in [0.25, 0.3) is 6.08 Å². The molecule has 11 heteroatoms. The highest BCUT2D eigenvalue weighted by Crippen LogP contribution is 2.39. The number of ether oxygens (including phenoxy) is 1. The smallest absolute Gasteiger partial charge is 0.416 e. The molecule has 1 amide bonds. The fourth-order valence-electron chi connectivity index (χ4n) is 2.60. The second kappa shape index (κ2) is 7.84. The first-order chi connectivity index (χ1) is 13.6. The molecule has 3 rings (SSSR count). The van der Waals surface area contributed by atoms with Gasteiger partial charge in [-0.25, -0.2) is 0 Å². The van der Waals surface area contributed by atoms with Gasteiger partial charge in [-0.2, -0.15) is 13.2 Å². The maximum absolute atomic E-state index is 13.0. The van der Waals surface area contributed by atoms with Crippen LogP contribution in [-0.2, 0) is 11.0 Å². The zero-order valence-electron chi connectivity index (χ0n) is 14.6. The second-order valence-electron chi connectivity index (χ2n) is 5.75. The van der Waals surface area contributed by atoms with Crippen LogP contribution in [0.5, 0.6) is 5.75 Å². The summed E-state index contributed by atoms with van der Waals surface area (Å²) in [5, 5.41) is 11.0. The number of hydrogen-bond acceptors (Lipinski definition) is 6. The third-order valence-corrected chi connectivity index (χ3v) is 5.24. The van der Waals surface area contributed by atoms with E-state index >= 15 is 0 Å². The number of benzene rings is 2. The maximum Gasteiger partial charge on any atom is 0.416 e. The zero-order chi connectivity index (χ0) is 21.3. The standard InChI is InChI=1S/C18H11F3N2O4S2/c1-27-14-6-5-13(23(25)26)7-10(14)8-15-16(24)22(17(28)29-15)12-4-2-3-11(9-12)18(19,20)21/h2-9H,1H3. The Balaban J connectivity index is 2.00. The molecule has 0 bridgehead atoms. The molecule has 2 aromatic carbocycles. The van der Waals surface area contributed by atoms with Gasteiger partial charge in [0.2, 0.25) is 0 Å². The Kier molecular flexibility index (Phi) is 5.62. The summed E-state index contributed by atoms with van der Waals surface area (Å²) in [5.74, 6) is -0.340. The lowest BCUT2D eigenvalue weighted by Gasteiger charge is -2.16. The summed E-state index contributed by atoms with van der Waals surface area (Å²) < 4.78 is 44.1. The summed E-state index contributed by atoms with van der Waals surface area (Å²) >= 11 is 6.05. The average molecular weight is 440 g/mol. The van der Waals surface area contributed by atoms with Crippen LogP contribution >= 0.6 is 24.0 Å². The summed E-state index contributed by atoms with van der Waals surface area (Å²) in [6.45, 7) is 0. The molecule has 2 aromatic rings. The predicted molar refractivity (Wildman–Crippen MR) is 107 cm³/mol. The Labute approximate surface area is 172 Å². The van der Waals surface area contributed by atoms with E-state index in [9.17, 15) is 28.1 Å². The highest BCUT2D eigenvalue weighted by molar-refractivity contribution is 8.27. The number of nitrogens with zero attached hydrogens (tertiary/aromatic N) is 2. The first kappa shape index (κ1) is 20.8. The Morgan fingerprint density at radius 3 is 2.59 bits per heavy atom. The molecule has 0 aromatic heterocycles. The van der Waals surface area contributed by atoms with Crippen molar-refractivity contribution in [1.29, 1.82) is 0 Å². The lowest BCUT2D eigenvalue weighted by Crippen LogP contribution is -2.27. The Morgan fingerprint density at radius 1 is 1.24 bits per heavy atom. The number of halogens is 3. The van der Waals surface area contributed by atoms with Crippen molar-refractivity contribution in [3.05, 3.63) is 68.6 Å². The van der Waals surface area contributed by atoms with Gasteiger partial charge in [-0.05, 0) is 30.3 Å². The van der Waals surface area contributed by atoms with E-state index < -0.39 is 22.6 Å². The molecule has 150 valence electrons. The van der Waals surface area contributed by atoms with Crippen molar-refractivity contribution in [1.82, 2.24) is 0 Å². The van der Waals surface area contributed by atoms with E-state index in [0.29, 0.717) is 5.75 Å². The number of alkyl halides is 3. The van der Waals surface area contributed by atoms with E-state index in [1.54, 1.807) is 0 Å². The van der Waals surface area contributed by atoms with Crippen LogP contribution in [0.1, 0.15) is 11.1 Å². The lowest BCUT2D eigenvalue weighted by atomic mass is 10.1. The Morgan fingerprint density at radius 2 is 1.97 bits per heavy atom. The van der Waals surface area contributed by atoms with Gasteiger partial charge in [0.25, 0.3) is 11.6 Å². The summed E-state index contributed by atoms with van der Waals surface area (Å²) in [6.07, 6.45) is -3.21. The Bertz CT molecular complexity index is 1050. The van der Waals surface area contributed by atoms with Gasteiger partial charge in [0.1, 0.15) is 5.75 Å². The summed E-state index contributed by atoms with van der Waals surface area (Å²) in [5.41, 5.74) is -0.859. The number of rotatable bonds is 4. The number of carbonyl (C=O) groups is 1. The van der Waals surface area contributed by atoms with Crippen molar-refractivity contribution >= 4 is 51.7 Å². The number of thiocarbonyl (C=S) groups is 1. The molecule has 1 aliphatic rings. The number of anilines is 1. The fraction of sp³-hybridized carbons (Fsp3) is 0.111. The molecule has 0 N–H and O–H groups in total. The van der Waals surface area contributed by atoms with Gasteiger partial charge in [-0.1, -0.05) is 30.0 Å². The number of methoxy groups -OCH3 is 1. The molecule has 0 radical (unpaired) electrons. The van der Waals surface area contributed by atoms with Crippen LogP contribution in [0, 0.1) is 10.1 Å². The number of non-ortho nitro benzene ring substituents is 1. The molecule has 0 atom stereocenters. The third kappa shape index (κ3) is 4.25. The largest absolute Gasteiger partial charge is 0.496 e. The van der Waals surface area contributed by atoms with Crippen molar-refractivity contribution in [3.63, 3.8) is 0 Å². The van der Waals surface area contributed by atoms with Gasteiger partial charge in [0, 0.05) is 17.7 Å². The molecule has 0 spiro atoms. The van der Waals surface area contributed by atoms with Gasteiger partial charge in [-0.3, -0.25) is 19.8 Å². The quantitative estimate of drug-likeness (QED) is 0.287. The van der Waals surface area contributed by atoms with Crippen LogP contribution in [0.4, 0.5) is 24.5 Å². The van der Waals surface area contributed by atoms with Crippen LogP contribution in [0.3, 0.4) is 0 Å². The summed E-state index contributed by atoms with van der Waals surface area (Å²) in [7, 11) is 1.37. The monoisotopic (exact) mass is 440 g/mol. The number of nitro benzene ring substituents is 1. The minimum atomic E-state index is -4.57. The summed E-state index contributed by atoms with van der Waals surface area (Å²) in [6, 6.07) is 8.13. The van der Waals surface area contributed by atoms with E-state index in [-0.39, 0.29) is 26.2 Å². The number of carbonyl (C=O) groups excluding carboxylic acids is 1.